The van der Waals surface area contributed by atoms with Crippen LogP contribution in [0.1, 0.15) is 35.9 Å². The summed E-state index contributed by atoms with van der Waals surface area (Å²) in [4.78, 5) is 14.1. The zero-order valence-electron chi connectivity index (χ0n) is 15.1. The molecule has 1 amide bonds. The minimum absolute atomic E-state index is 0.0491. The van der Waals surface area contributed by atoms with Gasteiger partial charge in [-0.05, 0) is 69.2 Å². The van der Waals surface area contributed by atoms with Gasteiger partial charge in [0, 0.05) is 23.6 Å². The Balaban J connectivity index is 1.97. The molecule has 130 valence electrons. The van der Waals surface area contributed by atoms with Crippen LogP contribution in [0.15, 0.2) is 36.0 Å². The van der Waals surface area contributed by atoms with Crippen molar-refractivity contribution in [2.24, 2.45) is 0 Å². The summed E-state index contributed by atoms with van der Waals surface area (Å²) in [5.74, 6) is -0.0491. The van der Waals surface area contributed by atoms with Crippen molar-refractivity contribution in [1.82, 2.24) is 14.8 Å². The number of benzene rings is 1. The van der Waals surface area contributed by atoms with Crippen LogP contribution in [0, 0.1) is 20.8 Å². The van der Waals surface area contributed by atoms with Crippen LogP contribution in [0.3, 0.4) is 0 Å². The highest BCUT2D eigenvalue weighted by atomic mass is 32.1. The van der Waals surface area contributed by atoms with Gasteiger partial charge in [-0.25, -0.2) is 0 Å². The van der Waals surface area contributed by atoms with E-state index in [2.05, 4.69) is 61.0 Å². The highest BCUT2D eigenvalue weighted by Crippen LogP contribution is 2.24. The lowest BCUT2D eigenvalue weighted by atomic mass is 10.2. The van der Waals surface area contributed by atoms with Gasteiger partial charge >= 0.3 is 0 Å². The molecule has 2 aromatic rings. The average Bonchev–Trinajstić information content (AvgIpc) is 3.00. The second-order valence-corrected chi connectivity index (χ2v) is 6.83. The Bertz CT molecular complexity index is 862. The maximum absolute atomic E-state index is 12.5. The summed E-state index contributed by atoms with van der Waals surface area (Å²) in [7, 11) is 0. The van der Waals surface area contributed by atoms with Gasteiger partial charge in [-0.2, -0.15) is 0 Å². The number of aromatic nitrogens is 1. The van der Waals surface area contributed by atoms with Crippen molar-refractivity contribution < 1.29 is 4.79 Å². The largest absolute Gasteiger partial charge is 0.328 e. The summed E-state index contributed by atoms with van der Waals surface area (Å²) >= 11 is 5.28. The molecular weight excluding hydrogens is 330 g/mol. The molecule has 0 bridgehead atoms. The molecule has 0 spiro atoms. The van der Waals surface area contributed by atoms with Crippen LogP contribution in [0.2, 0.25) is 0 Å². The van der Waals surface area contributed by atoms with Crippen LogP contribution in [0.4, 0.5) is 0 Å². The molecule has 1 aromatic heterocycles. The van der Waals surface area contributed by atoms with E-state index in [1.165, 1.54) is 5.56 Å². The fourth-order valence-corrected chi connectivity index (χ4v) is 3.46. The van der Waals surface area contributed by atoms with Gasteiger partial charge in [0.2, 0.25) is 0 Å². The van der Waals surface area contributed by atoms with Gasteiger partial charge in [0.05, 0.1) is 0 Å². The molecule has 4 nitrogen and oxygen atoms in total. The van der Waals surface area contributed by atoms with Gasteiger partial charge < -0.3 is 9.88 Å². The fourth-order valence-electron chi connectivity index (χ4n) is 3.18. The first-order valence-corrected chi connectivity index (χ1v) is 8.93. The predicted molar refractivity (Wildman–Crippen MR) is 106 cm³/mol. The quantitative estimate of drug-likeness (QED) is 0.670. The van der Waals surface area contributed by atoms with E-state index in [0.717, 1.165) is 29.1 Å². The lowest BCUT2D eigenvalue weighted by Gasteiger charge is -2.11. The van der Waals surface area contributed by atoms with Crippen molar-refractivity contribution in [3.63, 3.8) is 0 Å². The highest BCUT2D eigenvalue weighted by molar-refractivity contribution is 7.80. The highest BCUT2D eigenvalue weighted by Gasteiger charge is 2.30. The molecule has 0 aliphatic carbocycles. The molecule has 5 heteroatoms. The summed E-state index contributed by atoms with van der Waals surface area (Å²) < 4.78 is 2.20. The molecule has 1 fully saturated rings. The number of amides is 1. The van der Waals surface area contributed by atoms with Crippen LogP contribution in [-0.4, -0.2) is 27.0 Å². The van der Waals surface area contributed by atoms with Gasteiger partial charge in [-0.1, -0.05) is 24.6 Å². The first kappa shape index (κ1) is 17.4. The molecule has 25 heavy (non-hydrogen) atoms. The standard InChI is InChI=1S/C20H23N3OS/c1-5-10-22-19(24)18(21-20(22)25)12-16-11-14(3)23(15(16)4)17-8-6-13(2)7-9-17/h6-9,11-12H,5,10H2,1-4H3,(H,21,25)/b18-12-. The molecule has 1 N–H and O–H groups in total. The Morgan fingerprint density at radius 3 is 2.48 bits per heavy atom. The van der Waals surface area contributed by atoms with E-state index >= 15 is 0 Å². The summed E-state index contributed by atoms with van der Waals surface area (Å²) in [6.45, 7) is 8.90. The number of nitrogens with one attached hydrogen (secondary N) is 1. The maximum Gasteiger partial charge on any atom is 0.276 e. The van der Waals surface area contributed by atoms with Crippen molar-refractivity contribution in [3.8, 4) is 5.69 Å². The summed E-state index contributed by atoms with van der Waals surface area (Å²) in [6.07, 6.45) is 2.78. The lowest BCUT2D eigenvalue weighted by molar-refractivity contribution is -0.122. The maximum atomic E-state index is 12.5. The number of hydrogen-bond donors (Lipinski definition) is 1. The van der Waals surface area contributed by atoms with Crippen molar-refractivity contribution >= 4 is 29.3 Å². The van der Waals surface area contributed by atoms with E-state index in [-0.39, 0.29) is 5.91 Å². The molecule has 0 unspecified atom stereocenters. The number of carbonyl (C=O) groups is 1. The van der Waals surface area contributed by atoms with E-state index in [0.29, 0.717) is 17.4 Å². The van der Waals surface area contributed by atoms with Crippen LogP contribution in [-0.2, 0) is 4.79 Å². The molecular formula is C20H23N3OS. The lowest BCUT2D eigenvalue weighted by Crippen LogP contribution is -2.31. The third-order valence-corrected chi connectivity index (χ3v) is 4.79. The number of carbonyl (C=O) groups excluding carboxylic acids is 1. The van der Waals surface area contributed by atoms with E-state index in [1.807, 2.05) is 13.0 Å². The molecule has 1 aliphatic heterocycles. The van der Waals surface area contributed by atoms with Crippen molar-refractivity contribution in [2.75, 3.05) is 6.54 Å². The number of rotatable bonds is 4. The first-order chi connectivity index (χ1) is 11.9. The van der Waals surface area contributed by atoms with E-state index < -0.39 is 0 Å². The summed E-state index contributed by atoms with van der Waals surface area (Å²) in [5.41, 5.74) is 6.16. The Morgan fingerprint density at radius 2 is 1.84 bits per heavy atom. The molecule has 1 aliphatic rings. The summed E-state index contributed by atoms with van der Waals surface area (Å²) in [6, 6.07) is 10.5. The minimum atomic E-state index is -0.0491. The molecule has 1 saturated heterocycles. The predicted octanol–water partition coefficient (Wildman–Crippen LogP) is 3.87. The molecule has 0 saturated carbocycles. The number of hydrogen-bond acceptors (Lipinski definition) is 2. The van der Waals surface area contributed by atoms with E-state index in [9.17, 15) is 4.79 Å². The SMILES string of the molecule is CCCN1C(=O)/C(=C/c2cc(C)n(-c3ccc(C)cc3)c2C)NC1=S. The van der Waals surface area contributed by atoms with Gasteiger partial charge in [0.1, 0.15) is 5.70 Å². The Labute approximate surface area is 154 Å². The second kappa shape index (κ2) is 6.84. The minimum Gasteiger partial charge on any atom is -0.328 e. The fraction of sp³-hybridized carbons (Fsp3) is 0.300. The average molecular weight is 353 g/mol. The molecule has 0 atom stereocenters. The first-order valence-electron chi connectivity index (χ1n) is 8.53. The Kier molecular flexibility index (Phi) is 4.77. The zero-order chi connectivity index (χ0) is 18.1. The Hall–Kier alpha value is -2.40. The van der Waals surface area contributed by atoms with Gasteiger partial charge in [0.15, 0.2) is 5.11 Å². The van der Waals surface area contributed by atoms with Gasteiger partial charge in [-0.15, -0.1) is 0 Å². The summed E-state index contributed by atoms with van der Waals surface area (Å²) in [5, 5.41) is 3.54. The van der Waals surface area contributed by atoms with Gasteiger partial charge in [-0.3, -0.25) is 9.69 Å². The van der Waals surface area contributed by atoms with Crippen LogP contribution in [0.5, 0.6) is 0 Å². The second-order valence-electron chi connectivity index (χ2n) is 6.44. The topological polar surface area (TPSA) is 37.3 Å². The van der Waals surface area contributed by atoms with Gasteiger partial charge in [0.25, 0.3) is 5.91 Å². The molecule has 0 radical (unpaired) electrons. The van der Waals surface area contributed by atoms with Crippen LogP contribution in [0.25, 0.3) is 11.8 Å². The molecule has 1 aromatic carbocycles. The third-order valence-electron chi connectivity index (χ3n) is 4.47. The van der Waals surface area contributed by atoms with Crippen LogP contribution < -0.4 is 5.32 Å². The van der Waals surface area contributed by atoms with Crippen molar-refractivity contribution in [2.45, 2.75) is 34.1 Å². The number of thiocarbonyl (C=S) groups is 1. The van der Waals surface area contributed by atoms with E-state index in [4.69, 9.17) is 12.2 Å². The number of aryl methyl sites for hydroxylation is 2. The molecule has 2 heterocycles. The molecule has 3 rings (SSSR count). The monoisotopic (exact) mass is 353 g/mol. The van der Waals surface area contributed by atoms with Crippen molar-refractivity contribution in [3.05, 3.63) is 58.5 Å². The smallest absolute Gasteiger partial charge is 0.276 e. The van der Waals surface area contributed by atoms with Crippen molar-refractivity contribution in [1.29, 1.82) is 0 Å². The third kappa shape index (κ3) is 3.24. The Morgan fingerprint density at radius 1 is 1.16 bits per heavy atom. The van der Waals surface area contributed by atoms with Crippen LogP contribution >= 0.6 is 12.2 Å². The van der Waals surface area contributed by atoms with E-state index in [1.54, 1.807) is 4.90 Å². The zero-order valence-corrected chi connectivity index (χ0v) is 15.9. The normalized spacial score (nSPS) is 16.0. The number of nitrogens with zero attached hydrogens (tertiary/aromatic N) is 2.